The second-order valence-corrected chi connectivity index (χ2v) is 4.38. The zero-order valence-corrected chi connectivity index (χ0v) is 10.3. The molecule has 0 heterocycles. The number of rotatable bonds is 3. The van der Waals surface area contributed by atoms with Crippen molar-refractivity contribution < 1.29 is 9.90 Å². The molecule has 0 unspecified atom stereocenters. The standard InChI is InChI=1S/C14H12ClNO2/c15-13-3-1-2-11(14(16)18)12(13)8-9-4-6-10(17)7-5-9/h1-7,17H,8H2,(H2,16,18). The molecule has 0 saturated carbocycles. The summed E-state index contributed by atoms with van der Waals surface area (Å²) in [4.78, 5) is 11.3. The van der Waals surface area contributed by atoms with Crippen LogP contribution in [-0.2, 0) is 6.42 Å². The first-order valence-corrected chi connectivity index (χ1v) is 5.81. The molecule has 4 heteroatoms. The number of aromatic hydroxyl groups is 1. The fraction of sp³-hybridized carbons (Fsp3) is 0.0714. The summed E-state index contributed by atoms with van der Waals surface area (Å²) in [6.45, 7) is 0. The Morgan fingerprint density at radius 3 is 2.44 bits per heavy atom. The normalized spacial score (nSPS) is 10.3. The topological polar surface area (TPSA) is 63.3 Å². The minimum absolute atomic E-state index is 0.202. The van der Waals surface area contributed by atoms with Crippen molar-refractivity contribution in [3.05, 3.63) is 64.2 Å². The molecule has 3 N–H and O–H groups in total. The Morgan fingerprint density at radius 1 is 1.17 bits per heavy atom. The summed E-state index contributed by atoms with van der Waals surface area (Å²) in [5.74, 6) is -0.292. The van der Waals surface area contributed by atoms with Crippen molar-refractivity contribution in [2.75, 3.05) is 0 Å². The van der Waals surface area contributed by atoms with E-state index in [0.717, 1.165) is 5.56 Å². The molecule has 3 nitrogen and oxygen atoms in total. The van der Waals surface area contributed by atoms with Gasteiger partial charge in [0.2, 0.25) is 5.91 Å². The summed E-state index contributed by atoms with van der Waals surface area (Å²) >= 11 is 6.10. The lowest BCUT2D eigenvalue weighted by Crippen LogP contribution is -2.14. The minimum Gasteiger partial charge on any atom is -0.508 e. The summed E-state index contributed by atoms with van der Waals surface area (Å²) in [7, 11) is 0. The molecular weight excluding hydrogens is 250 g/mol. The molecule has 2 aromatic rings. The van der Waals surface area contributed by atoms with E-state index in [1.807, 2.05) is 0 Å². The van der Waals surface area contributed by atoms with Crippen LogP contribution in [0.5, 0.6) is 5.75 Å². The Bertz CT molecular complexity index is 579. The van der Waals surface area contributed by atoms with Crippen molar-refractivity contribution in [3.8, 4) is 5.75 Å². The number of phenols is 1. The Morgan fingerprint density at radius 2 is 1.83 bits per heavy atom. The van der Waals surface area contributed by atoms with Crippen molar-refractivity contribution in [2.24, 2.45) is 5.73 Å². The van der Waals surface area contributed by atoms with Crippen LogP contribution in [0.4, 0.5) is 0 Å². The van der Waals surface area contributed by atoms with E-state index in [4.69, 9.17) is 17.3 Å². The van der Waals surface area contributed by atoms with Gasteiger partial charge in [0.05, 0.1) is 0 Å². The molecule has 0 aromatic heterocycles. The third-order valence-corrected chi connectivity index (χ3v) is 3.06. The third kappa shape index (κ3) is 2.63. The predicted octanol–water partition coefficient (Wildman–Crippen LogP) is 2.74. The summed E-state index contributed by atoms with van der Waals surface area (Å²) in [6.07, 6.45) is 0.498. The molecule has 18 heavy (non-hydrogen) atoms. The summed E-state index contributed by atoms with van der Waals surface area (Å²) < 4.78 is 0. The zero-order valence-electron chi connectivity index (χ0n) is 9.56. The van der Waals surface area contributed by atoms with Crippen LogP contribution < -0.4 is 5.73 Å². The van der Waals surface area contributed by atoms with Gasteiger partial charge in [0, 0.05) is 10.6 Å². The molecule has 0 atom stereocenters. The van der Waals surface area contributed by atoms with Crippen LogP contribution in [0.3, 0.4) is 0 Å². The largest absolute Gasteiger partial charge is 0.508 e. The fourth-order valence-corrected chi connectivity index (χ4v) is 2.03. The quantitative estimate of drug-likeness (QED) is 0.892. The zero-order chi connectivity index (χ0) is 13.1. The fourth-order valence-electron chi connectivity index (χ4n) is 1.79. The summed E-state index contributed by atoms with van der Waals surface area (Å²) in [5, 5.41) is 9.73. The van der Waals surface area contributed by atoms with E-state index >= 15 is 0 Å². The average Bonchev–Trinajstić information content (AvgIpc) is 2.34. The molecule has 0 bridgehead atoms. The van der Waals surface area contributed by atoms with Crippen LogP contribution in [0.15, 0.2) is 42.5 Å². The van der Waals surface area contributed by atoms with E-state index in [1.165, 1.54) is 0 Å². The number of carbonyl (C=O) groups is 1. The van der Waals surface area contributed by atoms with Gasteiger partial charge in [-0.2, -0.15) is 0 Å². The lowest BCUT2D eigenvalue weighted by atomic mass is 9.99. The van der Waals surface area contributed by atoms with Gasteiger partial charge in [0.1, 0.15) is 5.75 Å². The van der Waals surface area contributed by atoms with Crippen molar-refractivity contribution in [1.29, 1.82) is 0 Å². The van der Waals surface area contributed by atoms with Crippen LogP contribution in [0, 0.1) is 0 Å². The number of hydrogen-bond acceptors (Lipinski definition) is 2. The van der Waals surface area contributed by atoms with E-state index < -0.39 is 5.91 Å². The molecular formula is C14H12ClNO2. The van der Waals surface area contributed by atoms with Crippen molar-refractivity contribution >= 4 is 17.5 Å². The highest BCUT2D eigenvalue weighted by atomic mass is 35.5. The molecule has 2 rings (SSSR count). The number of amides is 1. The Hall–Kier alpha value is -2.00. The number of phenolic OH excluding ortho intramolecular Hbond substituents is 1. The Balaban J connectivity index is 2.39. The lowest BCUT2D eigenvalue weighted by molar-refractivity contribution is 0.0999. The molecule has 0 aliphatic rings. The first kappa shape index (κ1) is 12.5. The first-order chi connectivity index (χ1) is 8.58. The number of primary amides is 1. The van der Waals surface area contributed by atoms with Crippen LogP contribution >= 0.6 is 11.6 Å². The van der Waals surface area contributed by atoms with Gasteiger partial charge in [-0.15, -0.1) is 0 Å². The van der Waals surface area contributed by atoms with Crippen molar-refractivity contribution in [1.82, 2.24) is 0 Å². The van der Waals surface area contributed by atoms with Gasteiger partial charge >= 0.3 is 0 Å². The maximum Gasteiger partial charge on any atom is 0.249 e. The number of carbonyl (C=O) groups excluding carboxylic acids is 1. The van der Waals surface area contributed by atoms with E-state index in [1.54, 1.807) is 42.5 Å². The molecule has 92 valence electrons. The molecule has 2 aromatic carbocycles. The number of hydrogen-bond donors (Lipinski definition) is 2. The SMILES string of the molecule is NC(=O)c1cccc(Cl)c1Cc1ccc(O)cc1. The highest BCUT2D eigenvalue weighted by Crippen LogP contribution is 2.23. The van der Waals surface area contributed by atoms with Gasteiger partial charge < -0.3 is 10.8 Å². The van der Waals surface area contributed by atoms with Crippen LogP contribution in [-0.4, -0.2) is 11.0 Å². The molecule has 0 spiro atoms. The number of benzene rings is 2. The van der Waals surface area contributed by atoms with Crippen molar-refractivity contribution in [3.63, 3.8) is 0 Å². The molecule has 0 saturated heterocycles. The summed E-state index contributed by atoms with van der Waals surface area (Å²) in [5.41, 5.74) is 7.40. The maximum absolute atomic E-state index is 11.3. The number of nitrogens with two attached hydrogens (primary N) is 1. The summed E-state index contributed by atoms with van der Waals surface area (Å²) in [6, 6.07) is 11.8. The molecule has 0 radical (unpaired) electrons. The molecule has 1 amide bonds. The van der Waals surface area contributed by atoms with E-state index in [9.17, 15) is 9.90 Å². The average molecular weight is 262 g/mol. The molecule has 0 aliphatic carbocycles. The highest BCUT2D eigenvalue weighted by Gasteiger charge is 2.11. The van der Waals surface area contributed by atoms with Gasteiger partial charge in [-0.3, -0.25) is 4.79 Å². The monoisotopic (exact) mass is 261 g/mol. The van der Waals surface area contributed by atoms with Crippen LogP contribution in [0.2, 0.25) is 5.02 Å². The van der Waals surface area contributed by atoms with Gasteiger partial charge in [-0.25, -0.2) is 0 Å². The third-order valence-electron chi connectivity index (χ3n) is 2.70. The Kier molecular flexibility index (Phi) is 3.53. The van der Waals surface area contributed by atoms with Crippen molar-refractivity contribution in [2.45, 2.75) is 6.42 Å². The molecule has 0 aliphatic heterocycles. The van der Waals surface area contributed by atoms with Gasteiger partial charge in [-0.1, -0.05) is 29.8 Å². The molecule has 0 fully saturated rings. The second kappa shape index (κ2) is 5.10. The lowest BCUT2D eigenvalue weighted by Gasteiger charge is -2.09. The van der Waals surface area contributed by atoms with Crippen LogP contribution in [0.1, 0.15) is 21.5 Å². The predicted molar refractivity (Wildman–Crippen MR) is 70.9 cm³/mol. The second-order valence-electron chi connectivity index (χ2n) is 3.97. The van der Waals surface area contributed by atoms with Gasteiger partial charge in [0.25, 0.3) is 0 Å². The minimum atomic E-state index is -0.494. The number of halogens is 1. The highest BCUT2D eigenvalue weighted by molar-refractivity contribution is 6.31. The van der Waals surface area contributed by atoms with E-state index in [-0.39, 0.29) is 5.75 Å². The van der Waals surface area contributed by atoms with Crippen LogP contribution in [0.25, 0.3) is 0 Å². The first-order valence-electron chi connectivity index (χ1n) is 5.43. The Labute approximate surface area is 110 Å². The van der Waals surface area contributed by atoms with Gasteiger partial charge in [0.15, 0.2) is 0 Å². The maximum atomic E-state index is 11.3. The van der Waals surface area contributed by atoms with E-state index in [0.29, 0.717) is 22.6 Å². The smallest absolute Gasteiger partial charge is 0.249 e. The van der Waals surface area contributed by atoms with E-state index in [2.05, 4.69) is 0 Å². The van der Waals surface area contributed by atoms with Gasteiger partial charge in [-0.05, 0) is 41.8 Å².